The molecule has 1 atom stereocenters. The SMILES string of the molecule is CC(CC(c1ccccc1)c1ccccc1)[SiH](Cl)Cl. The molecule has 0 aliphatic heterocycles. The molecule has 0 spiro atoms. The van der Waals surface area contributed by atoms with Gasteiger partial charge in [-0.2, -0.15) is 22.2 Å². The predicted molar refractivity (Wildman–Crippen MR) is 87.6 cm³/mol. The Morgan fingerprint density at radius 1 is 0.842 bits per heavy atom. The third kappa shape index (κ3) is 4.10. The molecule has 2 aromatic rings. The van der Waals surface area contributed by atoms with Gasteiger partial charge in [0.1, 0.15) is 0 Å². The lowest BCUT2D eigenvalue weighted by molar-refractivity contribution is 0.694. The van der Waals surface area contributed by atoms with Crippen LogP contribution in [0.15, 0.2) is 60.7 Å². The Balaban J connectivity index is 2.29. The van der Waals surface area contributed by atoms with E-state index in [1.165, 1.54) is 11.1 Å². The average molecular weight is 309 g/mol. The summed E-state index contributed by atoms with van der Waals surface area (Å²) in [6.45, 7) is 2.16. The summed E-state index contributed by atoms with van der Waals surface area (Å²) in [6.07, 6.45) is 1.01. The molecule has 19 heavy (non-hydrogen) atoms. The molecule has 3 heteroatoms. The molecule has 0 radical (unpaired) electrons. The van der Waals surface area contributed by atoms with Crippen LogP contribution in [0, 0.1) is 0 Å². The topological polar surface area (TPSA) is 0 Å². The zero-order valence-corrected chi connectivity index (χ0v) is 13.6. The molecule has 0 heterocycles. The van der Waals surface area contributed by atoms with Crippen molar-refractivity contribution in [2.24, 2.45) is 0 Å². The highest BCUT2D eigenvalue weighted by molar-refractivity contribution is 7.34. The van der Waals surface area contributed by atoms with Crippen LogP contribution in [-0.2, 0) is 0 Å². The summed E-state index contributed by atoms with van der Waals surface area (Å²) < 4.78 is 0. The highest BCUT2D eigenvalue weighted by Gasteiger charge is 2.21. The summed E-state index contributed by atoms with van der Waals surface area (Å²) in [5, 5.41) is 0. The minimum Gasteiger partial charge on any atom is -0.150 e. The van der Waals surface area contributed by atoms with E-state index in [9.17, 15) is 0 Å². The van der Waals surface area contributed by atoms with Gasteiger partial charge >= 0.3 is 0 Å². The fraction of sp³-hybridized carbons (Fsp3) is 0.250. The van der Waals surface area contributed by atoms with Crippen molar-refractivity contribution >= 4 is 29.6 Å². The van der Waals surface area contributed by atoms with Gasteiger partial charge in [0.25, 0.3) is 0 Å². The third-order valence-electron chi connectivity index (χ3n) is 3.44. The fourth-order valence-electron chi connectivity index (χ4n) is 2.31. The third-order valence-corrected chi connectivity index (χ3v) is 7.15. The molecule has 0 fully saturated rings. The van der Waals surface area contributed by atoms with Gasteiger partial charge in [-0.25, -0.2) is 0 Å². The minimum atomic E-state index is -1.62. The summed E-state index contributed by atoms with van der Waals surface area (Å²) in [5.41, 5.74) is 3.07. The molecular weight excluding hydrogens is 291 g/mol. The van der Waals surface area contributed by atoms with Crippen LogP contribution < -0.4 is 0 Å². The van der Waals surface area contributed by atoms with E-state index in [-0.39, 0.29) is 0 Å². The molecule has 2 aromatic carbocycles. The van der Waals surface area contributed by atoms with Gasteiger partial charge in [0.15, 0.2) is 0 Å². The lowest BCUT2D eigenvalue weighted by Crippen LogP contribution is -2.10. The Morgan fingerprint density at radius 2 is 1.26 bits per heavy atom. The van der Waals surface area contributed by atoms with Crippen molar-refractivity contribution in [3.8, 4) is 0 Å². The average Bonchev–Trinajstić information content (AvgIpc) is 2.46. The van der Waals surface area contributed by atoms with Crippen molar-refractivity contribution in [3.05, 3.63) is 71.8 Å². The van der Waals surface area contributed by atoms with Gasteiger partial charge < -0.3 is 0 Å². The van der Waals surface area contributed by atoms with E-state index < -0.39 is 7.42 Å². The van der Waals surface area contributed by atoms with Crippen LogP contribution in [0.4, 0.5) is 0 Å². The first kappa shape index (κ1) is 14.6. The van der Waals surface area contributed by atoms with Crippen LogP contribution in [0.1, 0.15) is 30.4 Å². The molecule has 0 nitrogen and oxygen atoms in total. The van der Waals surface area contributed by atoms with Crippen LogP contribution >= 0.6 is 22.2 Å². The molecule has 0 bridgehead atoms. The molecule has 2 rings (SSSR count). The molecule has 0 saturated heterocycles. The zero-order valence-electron chi connectivity index (χ0n) is 11.0. The molecule has 1 unspecified atom stereocenters. The van der Waals surface area contributed by atoms with E-state index in [4.69, 9.17) is 22.2 Å². The quantitative estimate of drug-likeness (QED) is 0.519. The Hall–Kier alpha value is -0.763. The van der Waals surface area contributed by atoms with E-state index in [2.05, 4.69) is 67.6 Å². The van der Waals surface area contributed by atoms with Crippen molar-refractivity contribution in [2.45, 2.75) is 24.8 Å². The van der Waals surface area contributed by atoms with Crippen molar-refractivity contribution in [3.63, 3.8) is 0 Å². The molecule has 0 aliphatic rings. The molecule has 0 aliphatic carbocycles. The van der Waals surface area contributed by atoms with Crippen molar-refractivity contribution in [1.82, 2.24) is 0 Å². The maximum atomic E-state index is 6.15. The highest BCUT2D eigenvalue weighted by atomic mass is 35.7. The number of rotatable bonds is 5. The second kappa shape index (κ2) is 7.13. The molecule has 0 saturated carbocycles. The molecule has 0 aromatic heterocycles. The monoisotopic (exact) mass is 308 g/mol. The first-order valence-corrected chi connectivity index (χ1v) is 10.7. The Kier molecular flexibility index (Phi) is 5.50. The standard InChI is InChI=1S/C16H18Cl2Si/c1-13(19(17)18)12-16(14-8-4-2-5-9-14)15-10-6-3-7-11-15/h2-11,13,16,19H,12H2,1H3. The van der Waals surface area contributed by atoms with E-state index in [1.807, 2.05) is 0 Å². The van der Waals surface area contributed by atoms with Gasteiger partial charge in [-0.15, -0.1) is 0 Å². The summed E-state index contributed by atoms with van der Waals surface area (Å²) in [5.74, 6) is 0.380. The normalized spacial score (nSPS) is 12.9. The van der Waals surface area contributed by atoms with E-state index in [1.54, 1.807) is 0 Å². The number of benzene rings is 2. The van der Waals surface area contributed by atoms with Crippen LogP contribution in [-0.4, -0.2) is 7.42 Å². The van der Waals surface area contributed by atoms with E-state index in [0.29, 0.717) is 11.5 Å². The van der Waals surface area contributed by atoms with Crippen LogP contribution in [0.3, 0.4) is 0 Å². The molecule has 0 amide bonds. The van der Waals surface area contributed by atoms with Gasteiger partial charge in [0.05, 0.1) is 0 Å². The molecule has 0 N–H and O–H groups in total. The van der Waals surface area contributed by atoms with Crippen LogP contribution in [0.25, 0.3) is 0 Å². The van der Waals surface area contributed by atoms with Crippen molar-refractivity contribution in [2.75, 3.05) is 0 Å². The zero-order chi connectivity index (χ0) is 13.7. The summed E-state index contributed by atoms with van der Waals surface area (Å²) in [4.78, 5) is 0. The largest absolute Gasteiger partial charge is 0.239 e. The maximum Gasteiger partial charge on any atom is 0.239 e. The Labute approximate surface area is 126 Å². The van der Waals surface area contributed by atoms with Gasteiger partial charge in [-0.05, 0) is 23.1 Å². The van der Waals surface area contributed by atoms with E-state index in [0.717, 1.165) is 6.42 Å². The van der Waals surface area contributed by atoms with E-state index >= 15 is 0 Å². The smallest absolute Gasteiger partial charge is 0.150 e. The van der Waals surface area contributed by atoms with Gasteiger partial charge in [0.2, 0.25) is 7.42 Å². The minimum absolute atomic E-state index is 0.380. The van der Waals surface area contributed by atoms with Gasteiger partial charge in [0, 0.05) is 5.92 Å². The summed E-state index contributed by atoms with van der Waals surface area (Å²) >= 11 is 12.3. The predicted octanol–water partition coefficient (Wildman–Crippen LogP) is 5.30. The lowest BCUT2D eigenvalue weighted by atomic mass is 9.87. The first-order chi connectivity index (χ1) is 9.18. The number of hydrogen-bond acceptors (Lipinski definition) is 0. The van der Waals surface area contributed by atoms with Crippen molar-refractivity contribution in [1.29, 1.82) is 0 Å². The van der Waals surface area contributed by atoms with Crippen LogP contribution in [0.2, 0.25) is 5.54 Å². The van der Waals surface area contributed by atoms with Gasteiger partial charge in [-0.1, -0.05) is 67.6 Å². The number of hydrogen-bond donors (Lipinski definition) is 0. The molecular formula is C16H18Cl2Si. The summed E-state index contributed by atoms with van der Waals surface area (Å²) in [7, 11) is -1.62. The highest BCUT2D eigenvalue weighted by Crippen LogP contribution is 2.35. The molecule has 100 valence electrons. The Morgan fingerprint density at radius 3 is 1.63 bits per heavy atom. The maximum absolute atomic E-state index is 6.15. The van der Waals surface area contributed by atoms with Gasteiger partial charge in [-0.3, -0.25) is 0 Å². The van der Waals surface area contributed by atoms with Crippen LogP contribution in [0.5, 0.6) is 0 Å². The second-order valence-corrected chi connectivity index (χ2v) is 10.2. The number of halogens is 2. The lowest BCUT2D eigenvalue weighted by Gasteiger charge is -2.22. The summed E-state index contributed by atoms with van der Waals surface area (Å²) in [6, 6.07) is 21.2. The Bertz CT molecular complexity index is 445. The fourth-order valence-corrected chi connectivity index (χ4v) is 3.41. The van der Waals surface area contributed by atoms with Crippen molar-refractivity contribution < 1.29 is 0 Å². The second-order valence-electron chi connectivity index (χ2n) is 4.92. The first-order valence-electron chi connectivity index (χ1n) is 6.56.